The number of amides is 1. The van der Waals surface area contributed by atoms with Crippen LogP contribution >= 0.6 is 11.6 Å². The second-order valence-electron chi connectivity index (χ2n) is 5.34. The first-order chi connectivity index (χ1) is 9.29. The molecule has 2 atom stereocenters. The van der Waals surface area contributed by atoms with Crippen LogP contribution in [0.2, 0.25) is 0 Å². The largest absolute Gasteiger partial charge is 0.469 e. The summed E-state index contributed by atoms with van der Waals surface area (Å²) in [6.45, 7) is 0.772. The molecule has 0 aromatic carbocycles. The zero-order valence-electron chi connectivity index (χ0n) is 11.2. The summed E-state index contributed by atoms with van der Waals surface area (Å²) in [6.07, 6.45) is 7.74. The molecule has 0 spiro atoms. The van der Waals surface area contributed by atoms with Crippen LogP contribution in [0.3, 0.4) is 0 Å². The van der Waals surface area contributed by atoms with E-state index in [2.05, 4.69) is 5.32 Å². The Bertz CT molecular complexity index is 378. The summed E-state index contributed by atoms with van der Waals surface area (Å²) >= 11 is 5.99. The second-order valence-corrected chi connectivity index (χ2v) is 5.65. The molecule has 1 fully saturated rings. The number of alkyl halides is 1. The van der Waals surface area contributed by atoms with Gasteiger partial charge in [-0.15, -0.1) is 11.6 Å². The van der Waals surface area contributed by atoms with Gasteiger partial charge in [0, 0.05) is 25.3 Å². The van der Waals surface area contributed by atoms with Crippen LogP contribution in [0.4, 0.5) is 0 Å². The van der Waals surface area contributed by atoms with Crippen LogP contribution in [-0.2, 0) is 11.2 Å². The average molecular weight is 284 g/mol. The number of furan rings is 1. The zero-order valence-corrected chi connectivity index (χ0v) is 12.0. The van der Waals surface area contributed by atoms with Crippen LogP contribution in [0, 0.1) is 11.8 Å². The Morgan fingerprint density at radius 3 is 2.84 bits per heavy atom. The highest BCUT2D eigenvalue weighted by Crippen LogP contribution is 2.30. The van der Waals surface area contributed by atoms with Crippen molar-refractivity contribution in [3.05, 3.63) is 24.2 Å². The van der Waals surface area contributed by atoms with Gasteiger partial charge in [-0.25, -0.2) is 0 Å². The van der Waals surface area contributed by atoms with Gasteiger partial charge in [0.2, 0.25) is 5.91 Å². The van der Waals surface area contributed by atoms with E-state index < -0.39 is 0 Å². The van der Waals surface area contributed by atoms with Gasteiger partial charge >= 0.3 is 0 Å². The number of carbonyl (C=O) groups is 1. The summed E-state index contributed by atoms with van der Waals surface area (Å²) in [4.78, 5) is 11.8. The van der Waals surface area contributed by atoms with E-state index in [0.717, 1.165) is 12.3 Å². The standard InChI is InChI=1S/C15H22ClNO2/c16-10-12-4-1-2-5-13(12)11-17-15(18)8-7-14-6-3-9-19-14/h3,6,9,12-13H,1-2,4-5,7-8,10-11H2,(H,17,18). The predicted octanol–water partition coefficient (Wildman–Crippen LogP) is 3.37. The van der Waals surface area contributed by atoms with Gasteiger partial charge in [0.25, 0.3) is 0 Å². The van der Waals surface area contributed by atoms with Crippen molar-refractivity contribution < 1.29 is 9.21 Å². The molecule has 4 heteroatoms. The lowest BCUT2D eigenvalue weighted by Gasteiger charge is -2.30. The van der Waals surface area contributed by atoms with Crippen LogP contribution in [0.5, 0.6) is 0 Å². The van der Waals surface area contributed by atoms with Crippen molar-refractivity contribution in [1.29, 1.82) is 0 Å². The molecule has 1 amide bonds. The smallest absolute Gasteiger partial charge is 0.220 e. The molecule has 1 saturated carbocycles. The van der Waals surface area contributed by atoms with Crippen molar-refractivity contribution >= 4 is 17.5 Å². The Labute approximate surface area is 119 Å². The van der Waals surface area contributed by atoms with Gasteiger partial charge in [0.05, 0.1) is 6.26 Å². The fourth-order valence-electron chi connectivity index (χ4n) is 2.78. The van der Waals surface area contributed by atoms with Crippen LogP contribution in [-0.4, -0.2) is 18.3 Å². The third-order valence-corrected chi connectivity index (χ3v) is 4.40. The summed E-state index contributed by atoms with van der Waals surface area (Å²) < 4.78 is 5.22. The minimum absolute atomic E-state index is 0.107. The van der Waals surface area contributed by atoms with Crippen molar-refractivity contribution in [3.8, 4) is 0 Å². The summed E-state index contributed by atoms with van der Waals surface area (Å²) in [5.41, 5.74) is 0. The SMILES string of the molecule is O=C(CCc1ccco1)NCC1CCCCC1CCl. The third kappa shape index (κ3) is 4.57. The van der Waals surface area contributed by atoms with Crippen LogP contribution in [0.25, 0.3) is 0 Å². The van der Waals surface area contributed by atoms with E-state index in [1.165, 1.54) is 25.7 Å². The fraction of sp³-hybridized carbons (Fsp3) is 0.667. The molecular weight excluding hydrogens is 262 g/mol. The molecule has 2 unspecified atom stereocenters. The molecule has 1 aliphatic rings. The molecule has 0 bridgehead atoms. The second kappa shape index (κ2) is 7.59. The van der Waals surface area contributed by atoms with Gasteiger partial charge in [0.1, 0.15) is 5.76 Å². The molecule has 0 aliphatic heterocycles. The van der Waals surface area contributed by atoms with Crippen molar-refractivity contribution in [1.82, 2.24) is 5.32 Å². The molecule has 0 saturated heterocycles. The molecular formula is C15H22ClNO2. The Balaban J connectivity index is 1.67. The number of halogens is 1. The first-order valence-corrected chi connectivity index (χ1v) is 7.68. The highest BCUT2D eigenvalue weighted by atomic mass is 35.5. The maximum absolute atomic E-state index is 11.8. The Kier molecular flexibility index (Phi) is 5.77. The van der Waals surface area contributed by atoms with Crippen molar-refractivity contribution in [2.24, 2.45) is 11.8 Å². The van der Waals surface area contributed by atoms with E-state index in [-0.39, 0.29) is 5.91 Å². The molecule has 0 radical (unpaired) electrons. The van der Waals surface area contributed by atoms with Crippen LogP contribution in [0.1, 0.15) is 37.9 Å². The quantitative estimate of drug-likeness (QED) is 0.813. The van der Waals surface area contributed by atoms with E-state index >= 15 is 0 Å². The fourth-order valence-corrected chi connectivity index (χ4v) is 3.19. The molecule has 1 heterocycles. The molecule has 19 heavy (non-hydrogen) atoms. The Morgan fingerprint density at radius 2 is 2.16 bits per heavy atom. The number of carbonyl (C=O) groups excluding carboxylic acids is 1. The van der Waals surface area contributed by atoms with E-state index in [0.29, 0.717) is 30.6 Å². The lowest BCUT2D eigenvalue weighted by Crippen LogP contribution is -2.34. The molecule has 1 aromatic heterocycles. The molecule has 2 rings (SSSR count). The molecule has 3 nitrogen and oxygen atoms in total. The van der Waals surface area contributed by atoms with Gasteiger partial charge < -0.3 is 9.73 Å². The lowest BCUT2D eigenvalue weighted by molar-refractivity contribution is -0.121. The van der Waals surface area contributed by atoms with Gasteiger partial charge in [-0.1, -0.05) is 12.8 Å². The maximum atomic E-state index is 11.8. The van der Waals surface area contributed by atoms with Crippen LogP contribution < -0.4 is 5.32 Å². The summed E-state index contributed by atoms with van der Waals surface area (Å²) in [6, 6.07) is 3.75. The maximum Gasteiger partial charge on any atom is 0.220 e. The van der Waals surface area contributed by atoms with Gasteiger partial charge in [-0.3, -0.25) is 4.79 Å². The van der Waals surface area contributed by atoms with Crippen LogP contribution in [0.15, 0.2) is 22.8 Å². The normalized spacial score (nSPS) is 23.2. The summed E-state index contributed by atoms with van der Waals surface area (Å²) in [7, 11) is 0. The first kappa shape index (κ1) is 14.4. The van der Waals surface area contributed by atoms with Crippen molar-refractivity contribution in [2.45, 2.75) is 38.5 Å². The number of rotatable bonds is 6. The van der Waals surface area contributed by atoms with Gasteiger partial charge in [0.15, 0.2) is 0 Å². The molecule has 1 aromatic rings. The summed E-state index contributed by atoms with van der Waals surface area (Å²) in [5, 5.41) is 3.04. The number of hydrogen-bond donors (Lipinski definition) is 1. The molecule has 1 aliphatic carbocycles. The monoisotopic (exact) mass is 283 g/mol. The first-order valence-electron chi connectivity index (χ1n) is 7.14. The number of nitrogens with one attached hydrogen (secondary N) is 1. The minimum atomic E-state index is 0.107. The van der Waals surface area contributed by atoms with Crippen molar-refractivity contribution in [2.75, 3.05) is 12.4 Å². The zero-order chi connectivity index (χ0) is 13.5. The Hall–Kier alpha value is -0.960. The van der Waals surface area contributed by atoms with Gasteiger partial charge in [-0.05, 0) is 36.8 Å². The number of aryl methyl sites for hydroxylation is 1. The third-order valence-electron chi connectivity index (χ3n) is 4.00. The highest BCUT2D eigenvalue weighted by molar-refractivity contribution is 6.18. The number of hydrogen-bond acceptors (Lipinski definition) is 2. The van der Waals surface area contributed by atoms with Crippen molar-refractivity contribution in [3.63, 3.8) is 0 Å². The summed E-state index contributed by atoms with van der Waals surface area (Å²) in [5.74, 6) is 2.81. The lowest BCUT2D eigenvalue weighted by atomic mass is 9.80. The minimum Gasteiger partial charge on any atom is -0.469 e. The van der Waals surface area contributed by atoms with Gasteiger partial charge in [-0.2, -0.15) is 0 Å². The molecule has 1 N–H and O–H groups in total. The van der Waals surface area contributed by atoms with E-state index in [1.807, 2.05) is 12.1 Å². The average Bonchev–Trinajstić information content (AvgIpc) is 2.96. The highest BCUT2D eigenvalue weighted by Gasteiger charge is 2.24. The Morgan fingerprint density at radius 1 is 1.37 bits per heavy atom. The topological polar surface area (TPSA) is 42.2 Å². The van der Waals surface area contributed by atoms with E-state index in [9.17, 15) is 4.79 Å². The van der Waals surface area contributed by atoms with E-state index in [1.54, 1.807) is 6.26 Å². The van der Waals surface area contributed by atoms with E-state index in [4.69, 9.17) is 16.0 Å². The molecule has 106 valence electrons. The predicted molar refractivity (Wildman–Crippen MR) is 76.2 cm³/mol.